The van der Waals surface area contributed by atoms with E-state index >= 15 is 0 Å². The molecule has 0 spiro atoms. The minimum absolute atomic E-state index is 0.0756. The van der Waals surface area contributed by atoms with Gasteiger partial charge in [-0.05, 0) is 19.9 Å². The van der Waals surface area contributed by atoms with Crippen LogP contribution in [0.5, 0.6) is 6.01 Å². The van der Waals surface area contributed by atoms with Crippen LogP contribution < -0.4 is 4.18 Å². The first kappa shape index (κ1) is 9.08. The minimum atomic E-state index is -2.36. The molecule has 0 bridgehead atoms. The molecule has 0 radical (unpaired) electrons. The van der Waals surface area contributed by atoms with Gasteiger partial charge in [-0.25, -0.2) is 0 Å². The summed E-state index contributed by atoms with van der Waals surface area (Å²) in [6, 6.07) is 1.67. The normalized spacial score (nSPS) is 12.6. The lowest BCUT2D eigenvalue weighted by atomic mass is 10.4. The summed E-state index contributed by atoms with van der Waals surface area (Å²) >= 11 is -2.36. The van der Waals surface area contributed by atoms with Crippen LogP contribution in [0.25, 0.3) is 0 Å². The van der Waals surface area contributed by atoms with E-state index in [2.05, 4.69) is 14.2 Å². The summed E-state index contributed by atoms with van der Waals surface area (Å²) in [5.41, 5.74) is 1.39. The van der Waals surface area contributed by atoms with E-state index in [4.69, 9.17) is 4.55 Å². The second-order valence-corrected chi connectivity index (χ2v) is 2.83. The molecule has 0 amide bonds. The van der Waals surface area contributed by atoms with Gasteiger partial charge in [0.15, 0.2) is 0 Å². The maximum Gasteiger partial charge on any atom is 0.360 e. The van der Waals surface area contributed by atoms with Crippen molar-refractivity contribution < 1.29 is 12.9 Å². The summed E-state index contributed by atoms with van der Waals surface area (Å²) < 4.78 is 22.9. The quantitative estimate of drug-likeness (QED) is 0.688. The fourth-order valence-electron chi connectivity index (χ4n) is 0.795. The van der Waals surface area contributed by atoms with Crippen LogP contribution in [0.1, 0.15) is 11.4 Å². The maximum atomic E-state index is 10.2. The van der Waals surface area contributed by atoms with Gasteiger partial charge in [0.05, 0.1) is 0 Å². The first-order chi connectivity index (χ1) is 5.58. The van der Waals surface area contributed by atoms with Crippen LogP contribution in [-0.4, -0.2) is 18.7 Å². The van der Waals surface area contributed by atoms with E-state index < -0.39 is 11.4 Å². The largest absolute Gasteiger partial charge is 0.360 e. The third-order valence-electron chi connectivity index (χ3n) is 1.11. The van der Waals surface area contributed by atoms with Gasteiger partial charge in [-0.3, -0.25) is 4.55 Å². The summed E-state index contributed by atoms with van der Waals surface area (Å²) in [7, 11) is 0. The molecule has 5 nitrogen and oxygen atoms in total. The smallest absolute Gasteiger partial charge is 0.341 e. The van der Waals surface area contributed by atoms with E-state index in [1.165, 1.54) is 0 Å². The molecule has 0 aliphatic carbocycles. The summed E-state index contributed by atoms with van der Waals surface area (Å²) in [6.45, 7) is 3.50. The SMILES string of the molecule is Cc1cc(C)nc(OS(=O)O)n1. The van der Waals surface area contributed by atoms with E-state index in [0.29, 0.717) is 11.4 Å². The number of hydrogen-bond acceptors (Lipinski definition) is 4. The summed E-state index contributed by atoms with van der Waals surface area (Å²) in [6.07, 6.45) is 0. The number of aromatic nitrogens is 2. The Labute approximate surface area is 72.3 Å². The number of hydrogen-bond donors (Lipinski definition) is 1. The van der Waals surface area contributed by atoms with Crippen LogP contribution in [0.2, 0.25) is 0 Å². The third kappa shape index (κ3) is 2.55. The average Bonchev–Trinajstić information content (AvgIpc) is 1.81. The lowest BCUT2D eigenvalue weighted by Gasteiger charge is -1.99. The Kier molecular flexibility index (Phi) is 2.72. The molecule has 1 unspecified atom stereocenters. The predicted octanol–water partition coefficient (Wildman–Crippen LogP) is 0.609. The van der Waals surface area contributed by atoms with Crippen LogP contribution in [-0.2, 0) is 11.4 Å². The lowest BCUT2D eigenvalue weighted by Crippen LogP contribution is -2.03. The van der Waals surface area contributed by atoms with Crippen molar-refractivity contribution in [3.8, 4) is 6.01 Å². The van der Waals surface area contributed by atoms with Gasteiger partial charge < -0.3 is 4.18 Å². The molecule has 12 heavy (non-hydrogen) atoms. The van der Waals surface area contributed by atoms with Crippen molar-refractivity contribution in [2.24, 2.45) is 0 Å². The van der Waals surface area contributed by atoms with Gasteiger partial charge in [0.2, 0.25) is 0 Å². The minimum Gasteiger partial charge on any atom is -0.341 e. The zero-order chi connectivity index (χ0) is 9.14. The molecule has 1 N–H and O–H groups in total. The Morgan fingerprint density at radius 2 is 1.92 bits per heavy atom. The van der Waals surface area contributed by atoms with Crippen LogP contribution >= 0.6 is 0 Å². The number of rotatable bonds is 2. The molecule has 6 heteroatoms. The van der Waals surface area contributed by atoms with Crippen molar-refractivity contribution in [3.63, 3.8) is 0 Å². The van der Waals surface area contributed by atoms with Crippen molar-refractivity contribution in [2.75, 3.05) is 0 Å². The highest BCUT2D eigenvalue weighted by Gasteiger charge is 2.02. The standard InChI is InChI=1S/C6H8N2O3S/c1-4-3-5(2)8-6(7-4)11-12(9)10/h3H,1-2H3,(H,9,10). The molecule has 0 aliphatic rings. The molecule has 66 valence electrons. The zero-order valence-electron chi connectivity index (χ0n) is 6.64. The Morgan fingerprint density at radius 3 is 2.33 bits per heavy atom. The van der Waals surface area contributed by atoms with Crippen LogP contribution in [0.15, 0.2) is 6.07 Å². The van der Waals surface area contributed by atoms with Crippen molar-refractivity contribution in [3.05, 3.63) is 17.5 Å². The molecule has 0 saturated carbocycles. The molecule has 1 rings (SSSR count). The number of aryl methyl sites for hydroxylation is 2. The average molecular weight is 188 g/mol. The Hall–Kier alpha value is -1.01. The van der Waals surface area contributed by atoms with Gasteiger partial charge in [0.1, 0.15) is 0 Å². The van der Waals surface area contributed by atoms with Crippen LogP contribution in [0.4, 0.5) is 0 Å². The van der Waals surface area contributed by atoms with Crippen molar-refractivity contribution >= 4 is 11.4 Å². The zero-order valence-corrected chi connectivity index (χ0v) is 7.46. The lowest BCUT2D eigenvalue weighted by molar-refractivity contribution is 0.438. The second-order valence-electron chi connectivity index (χ2n) is 2.23. The molecule has 0 aromatic carbocycles. The fraction of sp³-hybridized carbons (Fsp3) is 0.333. The molecule has 1 aromatic heterocycles. The van der Waals surface area contributed by atoms with Crippen LogP contribution in [0.3, 0.4) is 0 Å². The molecule has 0 fully saturated rings. The van der Waals surface area contributed by atoms with Gasteiger partial charge in [-0.15, -0.1) is 0 Å². The van der Waals surface area contributed by atoms with Gasteiger partial charge in [0, 0.05) is 11.4 Å². The van der Waals surface area contributed by atoms with Crippen molar-refractivity contribution in [1.29, 1.82) is 0 Å². The van der Waals surface area contributed by atoms with Crippen molar-refractivity contribution in [1.82, 2.24) is 9.97 Å². The Morgan fingerprint density at radius 1 is 1.42 bits per heavy atom. The molecule has 1 aromatic rings. The first-order valence-corrected chi connectivity index (χ1v) is 4.22. The van der Waals surface area contributed by atoms with E-state index in [1.807, 2.05) is 0 Å². The first-order valence-electron chi connectivity index (χ1n) is 3.19. The summed E-state index contributed by atoms with van der Waals surface area (Å²) in [4.78, 5) is 7.58. The Balaban J connectivity index is 2.93. The summed E-state index contributed by atoms with van der Waals surface area (Å²) in [5, 5.41) is 0. The molecule has 0 aliphatic heterocycles. The van der Waals surface area contributed by atoms with E-state index in [0.717, 1.165) is 0 Å². The Bertz CT molecular complexity index is 295. The number of nitrogens with zero attached hydrogens (tertiary/aromatic N) is 2. The third-order valence-corrected chi connectivity index (χ3v) is 1.40. The molecule has 0 saturated heterocycles. The fourth-order valence-corrected chi connectivity index (χ4v) is 0.997. The maximum absolute atomic E-state index is 10.2. The van der Waals surface area contributed by atoms with E-state index in [1.54, 1.807) is 19.9 Å². The van der Waals surface area contributed by atoms with Gasteiger partial charge in [0.25, 0.3) is 0 Å². The second kappa shape index (κ2) is 3.59. The van der Waals surface area contributed by atoms with Crippen molar-refractivity contribution in [2.45, 2.75) is 13.8 Å². The molecule has 1 heterocycles. The van der Waals surface area contributed by atoms with E-state index in [9.17, 15) is 4.21 Å². The predicted molar refractivity (Wildman–Crippen MR) is 42.9 cm³/mol. The van der Waals surface area contributed by atoms with Gasteiger partial charge in [-0.2, -0.15) is 14.2 Å². The highest BCUT2D eigenvalue weighted by atomic mass is 32.2. The topological polar surface area (TPSA) is 72.3 Å². The molecule has 1 atom stereocenters. The van der Waals surface area contributed by atoms with Crippen LogP contribution in [0, 0.1) is 13.8 Å². The van der Waals surface area contributed by atoms with E-state index in [-0.39, 0.29) is 6.01 Å². The highest BCUT2D eigenvalue weighted by molar-refractivity contribution is 7.74. The monoisotopic (exact) mass is 188 g/mol. The highest BCUT2D eigenvalue weighted by Crippen LogP contribution is 2.06. The van der Waals surface area contributed by atoms with Gasteiger partial charge in [-0.1, -0.05) is 0 Å². The molecular weight excluding hydrogens is 180 g/mol. The summed E-state index contributed by atoms with van der Waals surface area (Å²) in [5.74, 6) is 0. The molecular formula is C6H8N2O3S. The van der Waals surface area contributed by atoms with Gasteiger partial charge >= 0.3 is 17.4 Å².